The van der Waals surface area contributed by atoms with Gasteiger partial charge >= 0.3 is 0 Å². The molecule has 0 bridgehead atoms. The van der Waals surface area contributed by atoms with Gasteiger partial charge in [-0.3, -0.25) is 4.79 Å². The number of ether oxygens (including phenoxy) is 2. The Hall–Kier alpha value is -3.27. The van der Waals surface area contributed by atoms with Gasteiger partial charge in [0.1, 0.15) is 12.4 Å². The lowest BCUT2D eigenvalue weighted by Gasteiger charge is -2.30. The number of phenols is 1. The Balaban J connectivity index is 1.36. The van der Waals surface area contributed by atoms with Crippen LogP contribution in [0.25, 0.3) is 5.69 Å². The minimum absolute atomic E-state index is 0.0368. The van der Waals surface area contributed by atoms with Gasteiger partial charge in [-0.1, -0.05) is 23.9 Å². The van der Waals surface area contributed by atoms with E-state index in [9.17, 15) is 9.90 Å². The molecule has 1 atom stereocenters. The minimum Gasteiger partial charge on any atom is -0.508 e. The number of nitrogens with zero attached hydrogens (tertiary/aromatic N) is 5. The van der Waals surface area contributed by atoms with Gasteiger partial charge in [0.25, 0.3) is 0 Å². The average Bonchev–Trinajstić information content (AvgIpc) is 3.25. The van der Waals surface area contributed by atoms with E-state index >= 15 is 0 Å². The molecule has 3 aromatic rings. The molecule has 156 valence electrons. The van der Waals surface area contributed by atoms with E-state index in [-0.39, 0.29) is 23.5 Å². The molecule has 9 nitrogen and oxygen atoms in total. The zero-order chi connectivity index (χ0) is 20.9. The van der Waals surface area contributed by atoms with Crippen molar-refractivity contribution in [3.63, 3.8) is 0 Å². The van der Waals surface area contributed by atoms with Gasteiger partial charge in [0.05, 0.1) is 18.0 Å². The first-order chi connectivity index (χ1) is 14.6. The van der Waals surface area contributed by atoms with Crippen molar-refractivity contribution in [1.29, 1.82) is 0 Å². The van der Waals surface area contributed by atoms with E-state index < -0.39 is 0 Å². The predicted molar refractivity (Wildman–Crippen MR) is 110 cm³/mol. The highest BCUT2D eigenvalue weighted by Gasteiger charge is 2.25. The van der Waals surface area contributed by atoms with Crippen LogP contribution in [0.1, 0.15) is 6.92 Å². The van der Waals surface area contributed by atoms with Crippen LogP contribution < -0.4 is 9.47 Å². The fourth-order valence-electron chi connectivity index (χ4n) is 3.05. The normalized spacial score (nSPS) is 15.0. The van der Waals surface area contributed by atoms with E-state index in [0.717, 1.165) is 5.75 Å². The van der Waals surface area contributed by atoms with Gasteiger partial charge < -0.3 is 19.5 Å². The van der Waals surface area contributed by atoms with E-state index in [1.807, 2.05) is 31.2 Å². The van der Waals surface area contributed by atoms with Crippen LogP contribution in [0.3, 0.4) is 0 Å². The highest BCUT2D eigenvalue weighted by molar-refractivity contribution is 7.99. The van der Waals surface area contributed by atoms with Gasteiger partial charge in [0.15, 0.2) is 17.6 Å². The Kier molecular flexibility index (Phi) is 6.03. The Labute approximate surface area is 177 Å². The second-order valence-electron chi connectivity index (χ2n) is 6.61. The number of hydrogen-bond donors (Lipinski definition) is 1. The number of fused-ring (bicyclic) bond motifs is 1. The van der Waals surface area contributed by atoms with Crippen LogP contribution in [-0.2, 0) is 4.79 Å². The van der Waals surface area contributed by atoms with Gasteiger partial charge in [-0.15, -0.1) is 5.10 Å². The summed E-state index contributed by atoms with van der Waals surface area (Å²) in [6.45, 7) is 3.32. The summed E-state index contributed by atoms with van der Waals surface area (Å²) in [5.41, 5.74) is 0.700. The summed E-state index contributed by atoms with van der Waals surface area (Å²) in [6.07, 6.45) is -0.226. The number of carbonyl (C=O) groups is 1. The van der Waals surface area contributed by atoms with Crippen molar-refractivity contribution in [2.45, 2.75) is 18.2 Å². The summed E-state index contributed by atoms with van der Waals surface area (Å²) in [4.78, 5) is 14.5. The molecule has 1 aliphatic heterocycles. The fraction of sp³-hybridized carbons (Fsp3) is 0.300. The number of phenolic OH excluding ortho intramolecular Hbond substituents is 1. The summed E-state index contributed by atoms with van der Waals surface area (Å²) in [7, 11) is 0. The van der Waals surface area contributed by atoms with Crippen molar-refractivity contribution >= 4 is 17.7 Å². The molecule has 10 heteroatoms. The number of aromatic nitrogens is 4. The van der Waals surface area contributed by atoms with E-state index in [1.54, 1.807) is 29.2 Å². The molecule has 0 spiro atoms. The number of carbonyl (C=O) groups excluding carboxylic acids is 1. The van der Waals surface area contributed by atoms with Gasteiger partial charge in [-0.05, 0) is 53.7 Å². The van der Waals surface area contributed by atoms with E-state index in [4.69, 9.17) is 9.47 Å². The molecule has 4 rings (SSSR count). The first kappa shape index (κ1) is 20.0. The molecule has 1 amide bonds. The van der Waals surface area contributed by atoms with Crippen molar-refractivity contribution in [1.82, 2.24) is 25.1 Å². The minimum atomic E-state index is -0.226. The number of hydrogen-bond acceptors (Lipinski definition) is 8. The SMILES string of the molecule is CCN(C[C@H]1COc2ccccc2O1)C(=O)CSc1nnnn1-c1ccc(O)cc1. The standard InChI is InChI=1S/C20H21N5O4S/c1-2-24(11-16-12-28-17-5-3-4-6-18(17)29-16)19(27)13-30-20-21-22-23-25(20)14-7-9-15(26)10-8-14/h3-10,16,26H,2,11-13H2,1H3/t16-/m0/s1. The van der Waals surface area contributed by atoms with Crippen molar-refractivity contribution in [2.75, 3.05) is 25.4 Å². The number of rotatable bonds is 7. The summed E-state index contributed by atoms with van der Waals surface area (Å²) >= 11 is 1.26. The number of benzene rings is 2. The van der Waals surface area contributed by atoms with Crippen LogP contribution in [0, 0.1) is 0 Å². The van der Waals surface area contributed by atoms with Crippen molar-refractivity contribution in [3.8, 4) is 22.9 Å². The van der Waals surface area contributed by atoms with E-state index in [2.05, 4.69) is 15.5 Å². The molecule has 1 aliphatic rings. The lowest BCUT2D eigenvalue weighted by molar-refractivity contribution is -0.129. The zero-order valence-electron chi connectivity index (χ0n) is 16.3. The smallest absolute Gasteiger partial charge is 0.233 e. The Morgan fingerprint density at radius 2 is 2.00 bits per heavy atom. The molecule has 1 aromatic heterocycles. The summed E-state index contributed by atoms with van der Waals surface area (Å²) in [6, 6.07) is 14.0. The lowest BCUT2D eigenvalue weighted by atomic mass is 10.2. The van der Waals surface area contributed by atoms with E-state index in [1.165, 1.54) is 16.4 Å². The third-order valence-corrected chi connectivity index (χ3v) is 5.49. The fourth-order valence-corrected chi connectivity index (χ4v) is 3.84. The molecule has 0 fully saturated rings. The maximum Gasteiger partial charge on any atom is 0.233 e. The third kappa shape index (κ3) is 4.48. The monoisotopic (exact) mass is 427 g/mol. The van der Waals surface area contributed by atoms with E-state index in [0.29, 0.717) is 36.3 Å². The number of aromatic hydroxyl groups is 1. The molecular formula is C20H21N5O4S. The molecular weight excluding hydrogens is 406 g/mol. The first-order valence-corrected chi connectivity index (χ1v) is 10.5. The molecule has 2 heterocycles. The number of likely N-dealkylation sites (N-methyl/N-ethyl adjacent to an activating group) is 1. The Bertz CT molecular complexity index is 1010. The summed E-state index contributed by atoms with van der Waals surface area (Å²) in [5.74, 6) is 1.73. The maximum absolute atomic E-state index is 12.8. The number of amides is 1. The molecule has 1 N–H and O–H groups in total. The van der Waals surface area contributed by atoms with Crippen LogP contribution in [0.15, 0.2) is 53.7 Å². The molecule has 0 saturated heterocycles. The molecule has 30 heavy (non-hydrogen) atoms. The second-order valence-corrected chi connectivity index (χ2v) is 7.55. The molecule has 0 saturated carbocycles. The highest BCUT2D eigenvalue weighted by Crippen LogP contribution is 2.31. The molecule has 2 aromatic carbocycles. The number of para-hydroxylation sites is 2. The summed E-state index contributed by atoms with van der Waals surface area (Å²) < 4.78 is 13.2. The van der Waals surface area contributed by atoms with Crippen LogP contribution in [-0.4, -0.2) is 67.7 Å². The average molecular weight is 427 g/mol. The maximum atomic E-state index is 12.8. The van der Waals surface area contributed by atoms with Crippen LogP contribution >= 0.6 is 11.8 Å². The highest BCUT2D eigenvalue weighted by atomic mass is 32.2. The topological polar surface area (TPSA) is 103 Å². The van der Waals surface area contributed by atoms with Crippen LogP contribution in [0.2, 0.25) is 0 Å². The second kappa shape index (κ2) is 9.04. The molecule has 0 aliphatic carbocycles. The van der Waals surface area contributed by atoms with Gasteiger partial charge in [0.2, 0.25) is 11.1 Å². The van der Waals surface area contributed by atoms with Crippen LogP contribution in [0.4, 0.5) is 0 Å². The molecule has 0 radical (unpaired) electrons. The zero-order valence-corrected chi connectivity index (χ0v) is 17.2. The first-order valence-electron chi connectivity index (χ1n) is 9.51. The molecule has 0 unspecified atom stereocenters. The quantitative estimate of drug-likeness (QED) is 0.572. The van der Waals surface area contributed by atoms with Crippen molar-refractivity contribution < 1.29 is 19.4 Å². The predicted octanol–water partition coefficient (Wildman–Crippen LogP) is 2.15. The Morgan fingerprint density at radius 3 is 2.77 bits per heavy atom. The third-order valence-electron chi connectivity index (χ3n) is 4.59. The lowest BCUT2D eigenvalue weighted by Crippen LogP contribution is -2.44. The van der Waals surface area contributed by atoms with Crippen molar-refractivity contribution in [2.24, 2.45) is 0 Å². The summed E-state index contributed by atoms with van der Waals surface area (Å²) in [5, 5.41) is 21.6. The van der Waals surface area contributed by atoms with Gasteiger partial charge in [-0.2, -0.15) is 4.68 Å². The van der Waals surface area contributed by atoms with Crippen LogP contribution in [0.5, 0.6) is 17.2 Å². The number of thioether (sulfide) groups is 1. The van der Waals surface area contributed by atoms with Gasteiger partial charge in [-0.25, -0.2) is 0 Å². The van der Waals surface area contributed by atoms with Gasteiger partial charge in [0, 0.05) is 6.54 Å². The van der Waals surface area contributed by atoms with Crippen molar-refractivity contribution in [3.05, 3.63) is 48.5 Å². The largest absolute Gasteiger partial charge is 0.508 e. The number of tetrazole rings is 1. The Morgan fingerprint density at radius 1 is 1.23 bits per heavy atom.